The van der Waals surface area contributed by atoms with E-state index in [1.807, 2.05) is 0 Å². The van der Waals surface area contributed by atoms with Crippen molar-refractivity contribution in [2.75, 3.05) is 0 Å². The number of phenolic OH excluding ortho intramolecular Hbond substituents is 1. The van der Waals surface area contributed by atoms with E-state index in [9.17, 15) is 14.7 Å². The van der Waals surface area contributed by atoms with Gasteiger partial charge in [-0.05, 0) is 18.2 Å². The van der Waals surface area contributed by atoms with Crippen LogP contribution in [0.3, 0.4) is 0 Å². The van der Waals surface area contributed by atoms with Gasteiger partial charge in [-0.15, -0.1) is 0 Å². The van der Waals surface area contributed by atoms with Crippen LogP contribution in [0.25, 0.3) is 21.9 Å². The molecule has 84 valence electrons. The molecule has 2 heterocycles. The minimum Gasteiger partial charge on any atom is -0.502 e. The van der Waals surface area contributed by atoms with Crippen LogP contribution in [0.2, 0.25) is 0 Å². The zero-order valence-electron chi connectivity index (χ0n) is 8.47. The topological polar surface area (TPSA) is 80.7 Å². The summed E-state index contributed by atoms with van der Waals surface area (Å²) in [4.78, 5) is 22.1. The van der Waals surface area contributed by atoms with Crippen LogP contribution < -0.4 is 11.3 Å². The summed E-state index contributed by atoms with van der Waals surface area (Å²) >= 11 is 0. The number of hydrogen-bond acceptors (Lipinski definition) is 5. The van der Waals surface area contributed by atoms with Crippen molar-refractivity contribution in [2.24, 2.45) is 0 Å². The Balaban J connectivity index is 2.62. The summed E-state index contributed by atoms with van der Waals surface area (Å²) in [6.07, 6.45) is 0. The summed E-state index contributed by atoms with van der Waals surface area (Å²) in [6, 6.07) is 7.24. The molecule has 0 spiro atoms. The van der Waals surface area contributed by atoms with Crippen molar-refractivity contribution in [2.45, 2.75) is 0 Å². The van der Waals surface area contributed by atoms with Crippen LogP contribution in [-0.2, 0) is 0 Å². The van der Waals surface area contributed by atoms with Crippen molar-refractivity contribution in [3.05, 3.63) is 51.2 Å². The van der Waals surface area contributed by atoms with E-state index in [0.29, 0.717) is 10.8 Å². The smallest absolute Gasteiger partial charge is 0.336 e. The van der Waals surface area contributed by atoms with E-state index in [2.05, 4.69) is 0 Å². The summed E-state index contributed by atoms with van der Waals surface area (Å²) in [5.74, 6) is -0.340. The average molecular weight is 230 g/mol. The van der Waals surface area contributed by atoms with E-state index in [4.69, 9.17) is 8.83 Å². The molecule has 17 heavy (non-hydrogen) atoms. The molecule has 0 saturated heterocycles. The molecule has 0 atom stereocenters. The molecular formula is C12H6O5. The standard InChI is InChI=1S/C12H6O5/c13-8-3-1-6-5-7-2-4-9(14)17-12(7)10(15)11(6)16-8/h1-5,15H. The Bertz CT molecular complexity index is 773. The summed E-state index contributed by atoms with van der Waals surface area (Å²) in [5, 5.41) is 11.0. The molecule has 3 rings (SSSR count). The number of aromatic hydroxyl groups is 1. The monoisotopic (exact) mass is 230 g/mol. The number of benzene rings is 1. The SMILES string of the molecule is O=c1ccc2cc3ccc(=O)oc3c(O)c2o1. The summed E-state index contributed by atoms with van der Waals surface area (Å²) in [7, 11) is 0. The third-order valence-electron chi connectivity index (χ3n) is 2.47. The Hall–Kier alpha value is -2.56. The molecule has 0 aliphatic carbocycles. The first-order valence-corrected chi connectivity index (χ1v) is 4.85. The highest BCUT2D eigenvalue weighted by atomic mass is 16.4. The van der Waals surface area contributed by atoms with Crippen LogP contribution in [0.4, 0.5) is 0 Å². The molecule has 0 aliphatic heterocycles. The second-order valence-corrected chi connectivity index (χ2v) is 3.57. The summed E-state index contributed by atoms with van der Waals surface area (Å²) < 4.78 is 9.75. The Labute approximate surface area is 93.5 Å². The zero-order valence-corrected chi connectivity index (χ0v) is 8.47. The number of hydrogen-bond donors (Lipinski definition) is 1. The van der Waals surface area contributed by atoms with Crippen molar-refractivity contribution in [3.8, 4) is 5.75 Å². The fraction of sp³-hybridized carbons (Fsp3) is 0. The summed E-state index contributed by atoms with van der Waals surface area (Å²) in [6.45, 7) is 0. The zero-order chi connectivity index (χ0) is 12.0. The fourth-order valence-corrected chi connectivity index (χ4v) is 1.72. The highest BCUT2D eigenvalue weighted by Crippen LogP contribution is 2.31. The Kier molecular flexibility index (Phi) is 1.82. The van der Waals surface area contributed by atoms with Gasteiger partial charge in [0.05, 0.1) is 0 Å². The van der Waals surface area contributed by atoms with Crippen molar-refractivity contribution in [1.29, 1.82) is 0 Å². The Morgan fingerprint density at radius 2 is 1.29 bits per heavy atom. The molecule has 5 nitrogen and oxygen atoms in total. The van der Waals surface area contributed by atoms with Crippen LogP contribution in [0.5, 0.6) is 5.75 Å². The molecule has 0 unspecified atom stereocenters. The first-order chi connectivity index (χ1) is 8.15. The van der Waals surface area contributed by atoms with Gasteiger partial charge in [-0.3, -0.25) is 0 Å². The molecule has 0 aliphatic rings. The molecule has 3 aromatic rings. The number of fused-ring (bicyclic) bond motifs is 2. The molecule has 0 bridgehead atoms. The third kappa shape index (κ3) is 1.40. The van der Waals surface area contributed by atoms with Gasteiger partial charge in [0, 0.05) is 22.9 Å². The maximum Gasteiger partial charge on any atom is 0.336 e. The van der Waals surface area contributed by atoms with Crippen LogP contribution in [-0.4, -0.2) is 5.11 Å². The van der Waals surface area contributed by atoms with Gasteiger partial charge in [-0.25, -0.2) is 9.59 Å². The van der Waals surface area contributed by atoms with Gasteiger partial charge < -0.3 is 13.9 Å². The minimum atomic E-state index is -0.578. The van der Waals surface area contributed by atoms with Gasteiger partial charge in [0.25, 0.3) is 0 Å². The molecule has 5 heteroatoms. The second kappa shape index (κ2) is 3.21. The highest BCUT2D eigenvalue weighted by Gasteiger charge is 2.11. The van der Waals surface area contributed by atoms with Crippen molar-refractivity contribution >= 4 is 21.9 Å². The largest absolute Gasteiger partial charge is 0.502 e. The lowest BCUT2D eigenvalue weighted by Crippen LogP contribution is -1.97. The normalized spacial score (nSPS) is 11.1. The number of phenols is 1. The van der Waals surface area contributed by atoms with Crippen LogP contribution >= 0.6 is 0 Å². The van der Waals surface area contributed by atoms with E-state index >= 15 is 0 Å². The van der Waals surface area contributed by atoms with E-state index in [1.165, 1.54) is 24.3 Å². The van der Waals surface area contributed by atoms with E-state index in [-0.39, 0.29) is 16.9 Å². The quantitative estimate of drug-likeness (QED) is 0.468. The highest BCUT2D eigenvalue weighted by molar-refractivity contribution is 5.99. The summed E-state index contributed by atoms with van der Waals surface area (Å²) in [5.41, 5.74) is -1.13. The van der Waals surface area contributed by atoms with Crippen LogP contribution in [0, 0.1) is 0 Å². The Morgan fingerprint density at radius 3 is 1.76 bits per heavy atom. The number of rotatable bonds is 0. The van der Waals surface area contributed by atoms with E-state index < -0.39 is 11.3 Å². The minimum absolute atomic E-state index is 0.0133. The maximum absolute atomic E-state index is 11.1. The lowest BCUT2D eigenvalue weighted by molar-refractivity contribution is 0.443. The predicted molar refractivity (Wildman–Crippen MR) is 60.2 cm³/mol. The molecule has 1 aromatic carbocycles. The van der Waals surface area contributed by atoms with E-state index in [1.54, 1.807) is 6.07 Å². The predicted octanol–water partition coefficient (Wildman–Crippen LogP) is 1.60. The van der Waals surface area contributed by atoms with Crippen LogP contribution in [0.1, 0.15) is 0 Å². The molecule has 0 saturated carbocycles. The fourth-order valence-electron chi connectivity index (χ4n) is 1.72. The van der Waals surface area contributed by atoms with Crippen molar-refractivity contribution in [1.82, 2.24) is 0 Å². The molecular weight excluding hydrogens is 224 g/mol. The Morgan fingerprint density at radius 1 is 0.824 bits per heavy atom. The van der Waals surface area contributed by atoms with Crippen molar-refractivity contribution < 1.29 is 13.9 Å². The lowest BCUT2D eigenvalue weighted by Gasteiger charge is -2.02. The van der Waals surface area contributed by atoms with Gasteiger partial charge in [-0.1, -0.05) is 0 Å². The molecule has 0 amide bonds. The molecule has 2 aromatic heterocycles. The van der Waals surface area contributed by atoms with Crippen LogP contribution in [0.15, 0.2) is 48.8 Å². The molecule has 0 fully saturated rings. The second-order valence-electron chi connectivity index (χ2n) is 3.57. The van der Waals surface area contributed by atoms with Gasteiger partial charge in [0.1, 0.15) is 0 Å². The third-order valence-corrected chi connectivity index (χ3v) is 2.47. The lowest BCUT2D eigenvalue weighted by atomic mass is 10.1. The first-order valence-electron chi connectivity index (χ1n) is 4.85. The van der Waals surface area contributed by atoms with Gasteiger partial charge in [-0.2, -0.15) is 0 Å². The van der Waals surface area contributed by atoms with Gasteiger partial charge >= 0.3 is 11.3 Å². The van der Waals surface area contributed by atoms with E-state index in [0.717, 1.165) is 0 Å². The van der Waals surface area contributed by atoms with Crippen molar-refractivity contribution in [3.63, 3.8) is 0 Å². The molecule has 1 N–H and O–H groups in total. The van der Waals surface area contributed by atoms with Gasteiger partial charge in [0.2, 0.25) is 5.75 Å². The maximum atomic E-state index is 11.1. The first kappa shape index (κ1) is 9.65. The average Bonchev–Trinajstić information content (AvgIpc) is 2.32. The van der Waals surface area contributed by atoms with Gasteiger partial charge in [0.15, 0.2) is 11.2 Å². The molecule has 0 radical (unpaired) electrons.